The molecule has 1 aromatic heterocycles. The van der Waals surface area contributed by atoms with Crippen LogP contribution in [0.4, 0.5) is 0 Å². The number of carboxylic acid groups (broad SMARTS) is 1. The van der Waals surface area contributed by atoms with Crippen molar-refractivity contribution < 1.29 is 29.3 Å². The van der Waals surface area contributed by atoms with Crippen molar-refractivity contribution in [1.82, 2.24) is 14.5 Å². The third kappa shape index (κ3) is 4.69. The number of aliphatic hydroxyl groups excluding tert-OH is 1. The van der Waals surface area contributed by atoms with Crippen LogP contribution in [0.1, 0.15) is 65.9 Å². The topological polar surface area (TPSA) is 122 Å². The van der Waals surface area contributed by atoms with E-state index in [1.165, 1.54) is 4.90 Å². The highest BCUT2D eigenvalue weighted by atomic mass is 16.5. The molecule has 0 saturated carbocycles. The Labute approximate surface area is 226 Å². The Morgan fingerprint density at radius 1 is 1.10 bits per heavy atom. The highest BCUT2D eigenvalue weighted by molar-refractivity contribution is 6.18. The first-order chi connectivity index (χ1) is 18.8. The van der Waals surface area contributed by atoms with E-state index in [1.807, 2.05) is 30.3 Å². The number of imidazole rings is 1. The van der Waals surface area contributed by atoms with Crippen molar-refractivity contribution in [2.45, 2.75) is 52.1 Å². The molecule has 0 radical (unpaired) electrons. The highest BCUT2D eigenvalue weighted by Gasteiger charge is 2.48. The molecule has 2 aromatic carbocycles. The predicted octanol–water partition coefficient (Wildman–Crippen LogP) is 4.45. The van der Waals surface area contributed by atoms with Gasteiger partial charge in [-0.15, -0.1) is 0 Å². The average molecular weight is 530 g/mol. The number of fused-ring (bicyclic) bond motifs is 3. The highest BCUT2D eigenvalue weighted by Crippen LogP contribution is 2.42. The molecule has 0 bridgehead atoms. The van der Waals surface area contributed by atoms with E-state index in [-0.39, 0.29) is 23.5 Å². The zero-order chi connectivity index (χ0) is 27.7. The van der Waals surface area contributed by atoms with Crippen molar-refractivity contribution in [1.29, 1.82) is 0 Å². The van der Waals surface area contributed by atoms with Crippen molar-refractivity contribution in [3.05, 3.63) is 88.2 Å². The Kier molecular flexibility index (Phi) is 7.24. The van der Waals surface area contributed by atoms with Crippen LogP contribution in [0.25, 0.3) is 11.1 Å². The molecule has 9 nitrogen and oxygen atoms in total. The first-order valence-electron chi connectivity index (χ1n) is 13.3. The summed E-state index contributed by atoms with van der Waals surface area (Å²) in [6.07, 6.45) is 3.19. The number of unbranched alkanes of at least 4 members (excludes halogenated alkanes) is 1. The Bertz CT molecular complexity index is 1470. The number of rotatable bonds is 9. The molecule has 0 saturated heterocycles. The number of nitrogens with zero attached hydrogens (tertiary/aromatic N) is 3. The van der Waals surface area contributed by atoms with Gasteiger partial charge in [-0.2, -0.15) is 0 Å². The fourth-order valence-electron chi connectivity index (χ4n) is 5.44. The SMILES string of the molecule is CCCCc1nc2c(n1Cc1ccc(-c3ccccc3C(=O)O)cc1)C1C(O)=C(C(=O)OCC)C(=O)N1CC2. The van der Waals surface area contributed by atoms with Crippen LogP contribution in [-0.2, 0) is 33.7 Å². The number of aromatic nitrogens is 2. The third-order valence-corrected chi connectivity index (χ3v) is 7.31. The molecule has 1 amide bonds. The first kappa shape index (κ1) is 26.2. The number of esters is 1. The molecular weight excluding hydrogens is 498 g/mol. The summed E-state index contributed by atoms with van der Waals surface area (Å²) in [6.45, 7) is 4.67. The number of carbonyl (C=O) groups is 3. The van der Waals surface area contributed by atoms with Crippen molar-refractivity contribution in [3.8, 4) is 11.1 Å². The van der Waals surface area contributed by atoms with Crippen LogP contribution in [0.5, 0.6) is 0 Å². The lowest BCUT2D eigenvalue weighted by molar-refractivity contribution is -0.141. The quantitative estimate of drug-likeness (QED) is 0.310. The molecule has 2 aliphatic heterocycles. The lowest BCUT2D eigenvalue weighted by Gasteiger charge is -2.31. The lowest BCUT2D eigenvalue weighted by Crippen LogP contribution is -2.38. The second-order valence-corrected chi connectivity index (χ2v) is 9.73. The summed E-state index contributed by atoms with van der Waals surface area (Å²) in [7, 11) is 0. The van der Waals surface area contributed by atoms with Gasteiger partial charge in [-0.3, -0.25) is 4.79 Å². The average Bonchev–Trinajstić information content (AvgIpc) is 3.41. The molecule has 9 heteroatoms. The smallest absolute Gasteiger partial charge is 0.347 e. The monoisotopic (exact) mass is 529 g/mol. The maximum Gasteiger partial charge on any atom is 0.347 e. The largest absolute Gasteiger partial charge is 0.509 e. The Morgan fingerprint density at radius 2 is 1.85 bits per heavy atom. The number of carboxylic acids is 1. The minimum absolute atomic E-state index is 0.102. The van der Waals surface area contributed by atoms with Gasteiger partial charge < -0.3 is 24.4 Å². The van der Waals surface area contributed by atoms with Crippen LogP contribution in [0.15, 0.2) is 59.9 Å². The van der Waals surface area contributed by atoms with E-state index in [1.54, 1.807) is 25.1 Å². The van der Waals surface area contributed by atoms with Crippen molar-refractivity contribution in [3.63, 3.8) is 0 Å². The molecule has 39 heavy (non-hydrogen) atoms. The van der Waals surface area contributed by atoms with Gasteiger partial charge in [-0.05, 0) is 36.1 Å². The predicted molar refractivity (Wildman–Crippen MR) is 143 cm³/mol. The van der Waals surface area contributed by atoms with E-state index in [9.17, 15) is 24.6 Å². The zero-order valence-electron chi connectivity index (χ0n) is 22.0. The van der Waals surface area contributed by atoms with Crippen LogP contribution in [0.2, 0.25) is 0 Å². The van der Waals surface area contributed by atoms with Crippen molar-refractivity contribution >= 4 is 17.8 Å². The minimum atomic E-state index is -0.981. The molecule has 202 valence electrons. The normalized spacial score (nSPS) is 16.3. The molecule has 1 atom stereocenters. The molecule has 2 N–H and O–H groups in total. The van der Waals surface area contributed by atoms with E-state index in [4.69, 9.17) is 9.72 Å². The Morgan fingerprint density at radius 3 is 2.54 bits per heavy atom. The number of hydrogen-bond acceptors (Lipinski definition) is 6. The molecule has 0 spiro atoms. The third-order valence-electron chi connectivity index (χ3n) is 7.31. The number of benzene rings is 2. The number of aromatic carboxylic acids is 1. The molecule has 3 aromatic rings. The lowest BCUT2D eigenvalue weighted by atomic mass is 9.98. The summed E-state index contributed by atoms with van der Waals surface area (Å²) in [5.74, 6) is -1.74. The fraction of sp³-hybridized carbons (Fsp3) is 0.333. The standard InChI is InChI=1S/C30H31N3O6/c1-3-5-10-23-31-22-15-16-32-26(27(34)24(28(32)35)30(38)39-4-2)25(22)33(23)17-18-11-13-19(14-12-18)20-8-6-7-9-21(20)29(36)37/h6-9,11-14,26,34H,3-5,10,15-17H2,1-2H3,(H,36,37). The second-order valence-electron chi connectivity index (χ2n) is 9.73. The number of ether oxygens (including phenoxy) is 1. The van der Waals surface area contributed by atoms with E-state index in [0.717, 1.165) is 47.6 Å². The summed E-state index contributed by atoms with van der Waals surface area (Å²) < 4.78 is 7.11. The number of aliphatic hydroxyl groups is 1. The summed E-state index contributed by atoms with van der Waals surface area (Å²) in [5, 5.41) is 20.7. The van der Waals surface area contributed by atoms with Crippen LogP contribution in [0, 0.1) is 0 Å². The Hall–Kier alpha value is -4.40. The summed E-state index contributed by atoms with van der Waals surface area (Å²) in [4.78, 5) is 43.7. The van der Waals surface area contributed by atoms with E-state index < -0.39 is 23.9 Å². The van der Waals surface area contributed by atoms with Crippen LogP contribution in [-0.4, -0.2) is 55.7 Å². The number of hydrogen-bond donors (Lipinski definition) is 2. The van der Waals surface area contributed by atoms with Gasteiger partial charge in [0.25, 0.3) is 5.91 Å². The fourth-order valence-corrected chi connectivity index (χ4v) is 5.44. The second kappa shape index (κ2) is 10.8. The number of amides is 1. The molecule has 5 rings (SSSR count). The van der Waals surface area contributed by atoms with Gasteiger partial charge >= 0.3 is 11.9 Å². The molecule has 2 aliphatic rings. The Balaban J connectivity index is 1.53. The van der Waals surface area contributed by atoms with Gasteiger partial charge in [0, 0.05) is 25.9 Å². The van der Waals surface area contributed by atoms with Gasteiger partial charge in [0.1, 0.15) is 17.6 Å². The van der Waals surface area contributed by atoms with Gasteiger partial charge in [0.2, 0.25) is 0 Å². The molecule has 3 heterocycles. The molecular formula is C30H31N3O6. The molecule has 0 fully saturated rings. The van der Waals surface area contributed by atoms with Crippen LogP contribution < -0.4 is 0 Å². The van der Waals surface area contributed by atoms with Gasteiger partial charge in [0.15, 0.2) is 5.57 Å². The van der Waals surface area contributed by atoms with Gasteiger partial charge in [0.05, 0.1) is 23.6 Å². The first-order valence-corrected chi connectivity index (χ1v) is 13.3. The van der Waals surface area contributed by atoms with Gasteiger partial charge in [-0.25, -0.2) is 14.6 Å². The minimum Gasteiger partial charge on any atom is -0.509 e. The number of aryl methyl sites for hydroxylation is 1. The van der Waals surface area contributed by atoms with E-state index in [0.29, 0.717) is 25.1 Å². The maximum atomic E-state index is 13.1. The zero-order valence-corrected chi connectivity index (χ0v) is 22.0. The molecule has 0 aliphatic carbocycles. The van der Waals surface area contributed by atoms with Crippen molar-refractivity contribution in [2.24, 2.45) is 0 Å². The van der Waals surface area contributed by atoms with Gasteiger partial charge in [-0.1, -0.05) is 55.8 Å². The summed E-state index contributed by atoms with van der Waals surface area (Å²) in [6, 6.07) is 13.8. The van der Waals surface area contributed by atoms with Crippen LogP contribution >= 0.6 is 0 Å². The van der Waals surface area contributed by atoms with E-state index >= 15 is 0 Å². The molecule has 1 unspecified atom stereocenters. The van der Waals surface area contributed by atoms with Crippen molar-refractivity contribution in [2.75, 3.05) is 13.2 Å². The van der Waals surface area contributed by atoms with Crippen LogP contribution in [0.3, 0.4) is 0 Å². The maximum absolute atomic E-state index is 13.1. The van der Waals surface area contributed by atoms with E-state index in [2.05, 4.69) is 11.5 Å². The summed E-state index contributed by atoms with van der Waals surface area (Å²) in [5.41, 5.74) is 3.86. The summed E-state index contributed by atoms with van der Waals surface area (Å²) >= 11 is 0. The number of carbonyl (C=O) groups excluding carboxylic acids is 2.